The highest BCUT2D eigenvalue weighted by atomic mass is 15.2. The molecule has 2 aliphatic heterocycles. The van der Waals surface area contributed by atoms with Gasteiger partial charge in [0.2, 0.25) is 0 Å². The van der Waals surface area contributed by atoms with Crippen LogP contribution in [0.1, 0.15) is 84.6 Å². The van der Waals surface area contributed by atoms with Crippen LogP contribution in [0, 0.1) is 11.3 Å². The van der Waals surface area contributed by atoms with Crippen molar-refractivity contribution in [2.75, 3.05) is 9.80 Å². The van der Waals surface area contributed by atoms with Crippen LogP contribution in [-0.4, -0.2) is 26.2 Å². The normalized spacial score (nSPS) is 12.8. The monoisotopic (exact) mass is 1240 g/mol. The van der Waals surface area contributed by atoms with Gasteiger partial charge in [-0.1, -0.05) is 250 Å². The van der Waals surface area contributed by atoms with Crippen LogP contribution in [0.4, 0.5) is 34.1 Å². The number of benzene rings is 12. The van der Waals surface area contributed by atoms with Crippen LogP contribution in [0.3, 0.4) is 0 Å². The Morgan fingerprint density at radius 1 is 0.323 bits per heavy atom. The average molecular weight is 1240 g/mol. The summed E-state index contributed by atoms with van der Waals surface area (Å²) in [6, 6.07) is 102. The molecule has 2 aliphatic rings. The minimum atomic E-state index is -0.165. The number of aromatic nitrogens is 4. The van der Waals surface area contributed by atoms with Crippen molar-refractivity contribution >= 4 is 79.0 Å². The second-order valence-corrected chi connectivity index (χ2v) is 28.8. The summed E-state index contributed by atoms with van der Waals surface area (Å²) >= 11 is 0. The molecule has 4 heterocycles. The molecular weight excluding hydrogens is 1170 g/mol. The lowest BCUT2D eigenvalue weighted by atomic mass is 9.33. The number of nitriles is 1. The van der Waals surface area contributed by atoms with Crippen molar-refractivity contribution in [1.29, 1.82) is 5.26 Å². The molecule has 0 saturated heterocycles. The van der Waals surface area contributed by atoms with Gasteiger partial charge in [-0.2, -0.15) is 5.26 Å². The van der Waals surface area contributed by atoms with Crippen molar-refractivity contribution in [3.63, 3.8) is 0 Å². The number of hydrogen-bond acceptors (Lipinski definition) is 6. The van der Waals surface area contributed by atoms with Crippen LogP contribution in [0.25, 0.3) is 95.0 Å². The molecule has 0 bridgehead atoms. The van der Waals surface area contributed by atoms with Gasteiger partial charge in [0.25, 0.3) is 6.71 Å². The molecule has 0 radical (unpaired) electrons. The van der Waals surface area contributed by atoms with Gasteiger partial charge < -0.3 is 14.4 Å². The van der Waals surface area contributed by atoms with Gasteiger partial charge in [0.1, 0.15) is 0 Å². The molecule has 2 aromatic heterocycles. The minimum absolute atomic E-state index is 0.102. The van der Waals surface area contributed by atoms with E-state index in [2.05, 4.69) is 283 Å². The lowest BCUT2D eigenvalue weighted by molar-refractivity contribution is 0.590. The molecule has 0 N–H and O–H groups in total. The van der Waals surface area contributed by atoms with Crippen LogP contribution < -0.4 is 26.2 Å². The molecule has 462 valence electrons. The molecule has 0 fully saturated rings. The molecule has 12 aromatic carbocycles. The van der Waals surface area contributed by atoms with Crippen molar-refractivity contribution in [2.45, 2.75) is 78.6 Å². The highest BCUT2D eigenvalue weighted by Gasteiger charge is 2.45. The molecule has 0 spiro atoms. The number of nitrogens with zero attached hydrogens (tertiary/aromatic N) is 7. The van der Waals surface area contributed by atoms with Gasteiger partial charge in [-0.05, 0) is 168 Å². The standard InChI is InChI=1S/C88H72BN7/c1-86(2,3)65-37-46-77-73(52-65)89-74-53-66(87(4,5)6)38-47-78(74)95(69-41-33-60(34-42-69)58-24-16-11-17-25-58)81-51-64(50-80(82(81)89)94(77)68-39-31-59(32-40-68)57-22-14-10-15-23-57)63-35-45-75-71(49-63)70-43-36-67(88(7,8)9)54-79(70)96(75)76-44-30-56(55-90)48-72(76)85-92-83(61-26-18-12-19-27-61)91-84(93-85)62-28-20-13-21-29-62/h10-54H,1-9H3. The molecule has 0 saturated carbocycles. The van der Waals surface area contributed by atoms with E-state index in [0.717, 1.165) is 78.1 Å². The second-order valence-electron chi connectivity index (χ2n) is 28.8. The number of rotatable bonds is 9. The van der Waals surface area contributed by atoms with Gasteiger partial charge in [-0.3, -0.25) is 0 Å². The highest BCUT2D eigenvalue weighted by molar-refractivity contribution is 7.00. The SMILES string of the molecule is CC(C)(C)c1ccc2c(c1)B1c3cc(C(C)(C)C)ccc3N(c3ccc(-c4ccccc4)cc3)c3cc(-c4ccc5c(c4)c4ccc(C(C)(C)C)cc4n5-c4ccc(C#N)cc4-c4nc(-c5ccccc5)nc(-c5ccccc5)n4)cc(c31)N2c1ccc(-c2ccccc2)cc1. The first-order chi connectivity index (χ1) is 46.4. The number of fused-ring (bicyclic) bond motifs is 7. The lowest BCUT2D eigenvalue weighted by Crippen LogP contribution is -2.61. The Balaban J connectivity index is 0.963. The van der Waals surface area contributed by atoms with E-state index in [1.807, 2.05) is 72.8 Å². The molecule has 96 heavy (non-hydrogen) atoms. The zero-order valence-electron chi connectivity index (χ0n) is 55.7. The first kappa shape index (κ1) is 59.6. The van der Waals surface area contributed by atoms with Crippen LogP contribution in [0.15, 0.2) is 273 Å². The van der Waals surface area contributed by atoms with E-state index in [0.29, 0.717) is 23.0 Å². The molecule has 0 unspecified atom stereocenters. The third-order valence-corrected chi connectivity index (χ3v) is 19.5. The summed E-state index contributed by atoms with van der Waals surface area (Å²) in [7, 11) is 0. The van der Waals surface area contributed by atoms with E-state index < -0.39 is 0 Å². The molecule has 0 aliphatic carbocycles. The Morgan fingerprint density at radius 3 is 1.21 bits per heavy atom. The third kappa shape index (κ3) is 10.4. The molecular formula is C88H72BN7. The van der Waals surface area contributed by atoms with Crippen LogP contribution >= 0.6 is 0 Å². The van der Waals surface area contributed by atoms with Gasteiger partial charge in [-0.15, -0.1) is 0 Å². The summed E-state index contributed by atoms with van der Waals surface area (Å²) in [5, 5.41) is 12.9. The average Bonchev–Trinajstić information content (AvgIpc) is 0.790. The fourth-order valence-electron chi connectivity index (χ4n) is 14.4. The summed E-state index contributed by atoms with van der Waals surface area (Å²) in [4.78, 5) is 20.7. The summed E-state index contributed by atoms with van der Waals surface area (Å²) < 4.78 is 2.36. The van der Waals surface area contributed by atoms with Crippen LogP contribution in [-0.2, 0) is 16.2 Å². The van der Waals surface area contributed by atoms with E-state index in [4.69, 9.17) is 15.0 Å². The lowest BCUT2D eigenvalue weighted by Gasteiger charge is -2.45. The largest absolute Gasteiger partial charge is 0.311 e. The molecule has 0 amide bonds. The number of anilines is 6. The van der Waals surface area contributed by atoms with Gasteiger partial charge >= 0.3 is 0 Å². The molecule has 16 rings (SSSR count). The second kappa shape index (κ2) is 23.0. The Bertz CT molecular complexity index is 5170. The first-order valence-corrected chi connectivity index (χ1v) is 33.3. The maximum atomic E-state index is 10.7. The van der Waals surface area contributed by atoms with Crippen molar-refractivity contribution < 1.29 is 0 Å². The predicted octanol–water partition coefficient (Wildman–Crippen LogP) is 20.8. The number of hydrogen-bond donors (Lipinski definition) is 0. The van der Waals surface area contributed by atoms with Crippen LogP contribution in [0.2, 0.25) is 0 Å². The first-order valence-electron chi connectivity index (χ1n) is 33.3. The molecule has 7 nitrogen and oxygen atoms in total. The fourth-order valence-corrected chi connectivity index (χ4v) is 14.4. The Morgan fingerprint density at radius 2 is 0.740 bits per heavy atom. The summed E-state index contributed by atoms with van der Waals surface area (Å²) in [6.07, 6.45) is 0. The summed E-state index contributed by atoms with van der Waals surface area (Å²) in [5.74, 6) is 1.57. The molecule has 0 atom stereocenters. The third-order valence-electron chi connectivity index (χ3n) is 19.5. The van der Waals surface area contributed by atoms with Gasteiger partial charge in [0, 0.05) is 61.6 Å². The smallest absolute Gasteiger partial charge is 0.252 e. The minimum Gasteiger partial charge on any atom is -0.311 e. The van der Waals surface area contributed by atoms with E-state index in [1.54, 1.807) is 0 Å². The zero-order valence-corrected chi connectivity index (χ0v) is 55.7. The molecule has 8 heteroatoms. The Kier molecular flexibility index (Phi) is 14.3. The predicted molar refractivity (Wildman–Crippen MR) is 402 cm³/mol. The van der Waals surface area contributed by atoms with E-state index in [1.165, 1.54) is 66.7 Å². The quantitative estimate of drug-likeness (QED) is 0.134. The maximum Gasteiger partial charge on any atom is 0.252 e. The van der Waals surface area contributed by atoms with Crippen molar-refractivity contribution in [3.8, 4) is 79.3 Å². The Labute approximate surface area is 563 Å². The van der Waals surface area contributed by atoms with Gasteiger partial charge in [0.05, 0.1) is 28.4 Å². The molecule has 14 aromatic rings. The topological polar surface area (TPSA) is 73.9 Å². The van der Waals surface area contributed by atoms with E-state index >= 15 is 0 Å². The summed E-state index contributed by atoms with van der Waals surface area (Å²) in [5.41, 5.74) is 26.8. The van der Waals surface area contributed by atoms with Crippen molar-refractivity contribution in [3.05, 3.63) is 295 Å². The van der Waals surface area contributed by atoms with Gasteiger partial charge in [-0.25, -0.2) is 15.0 Å². The van der Waals surface area contributed by atoms with Gasteiger partial charge in [0.15, 0.2) is 17.5 Å². The Hall–Kier alpha value is -11.4. The van der Waals surface area contributed by atoms with Crippen LogP contribution in [0.5, 0.6) is 0 Å². The van der Waals surface area contributed by atoms with Crippen molar-refractivity contribution in [1.82, 2.24) is 19.5 Å². The highest BCUT2D eigenvalue weighted by Crippen LogP contribution is 2.49. The summed E-state index contributed by atoms with van der Waals surface area (Å²) in [6.45, 7) is 20.7. The fraction of sp³-hybridized carbons (Fsp3) is 0.136. The zero-order chi connectivity index (χ0) is 65.8. The van der Waals surface area contributed by atoms with E-state index in [-0.39, 0.29) is 23.0 Å². The van der Waals surface area contributed by atoms with E-state index in [9.17, 15) is 5.26 Å². The maximum absolute atomic E-state index is 10.7. The van der Waals surface area contributed by atoms with Crippen molar-refractivity contribution in [2.24, 2.45) is 0 Å².